The van der Waals surface area contributed by atoms with Gasteiger partial charge in [-0.3, -0.25) is 0 Å². The molecular weight excluding hydrogens is 276 g/mol. The number of unbranched alkanes of at least 4 members (excludes halogenated alkanes) is 6. The van der Waals surface area contributed by atoms with Crippen LogP contribution in [-0.4, -0.2) is 0 Å². The smallest absolute Gasteiger partial charge is 0.0143 e. The standard InChI is InChI=1S/C23H42/c1-5-7-9-10-12-17-23-21(4)18-19-22(23)16-13-15-20(3)14-11-8-6-2/h13,16,20,22-23H,4-12,14-15,17-19H2,1-3H3/t20?,22?,23-/m0/s1. The first-order valence-electron chi connectivity index (χ1n) is 10.5. The Hall–Kier alpha value is -0.520. The van der Waals surface area contributed by atoms with Gasteiger partial charge in [0.15, 0.2) is 0 Å². The van der Waals surface area contributed by atoms with Crippen LogP contribution in [0, 0.1) is 17.8 Å². The summed E-state index contributed by atoms with van der Waals surface area (Å²) in [5.41, 5.74) is 1.53. The largest absolute Gasteiger partial charge is 0.0996 e. The Labute approximate surface area is 146 Å². The topological polar surface area (TPSA) is 0 Å². The van der Waals surface area contributed by atoms with E-state index in [1.807, 2.05) is 0 Å². The van der Waals surface area contributed by atoms with E-state index >= 15 is 0 Å². The Morgan fingerprint density at radius 2 is 1.74 bits per heavy atom. The Morgan fingerprint density at radius 1 is 1.04 bits per heavy atom. The molecule has 0 nitrogen and oxygen atoms in total. The fourth-order valence-corrected chi connectivity index (χ4v) is 4.00. The first-order valence-corrected chi connectivity index (χ1v) is 10.5. The molecule has 0 heterocycles. The van der Waals surface area contributed by atoms with E-state index in [0.717, 1.165) is 17.8 Å². The highest BCUT2D eigenvalue weighted by Gasteiger charge is 2.27. The molecule has 0 aromatic carbocycles. The Bertz CT molecular complexity index is 325. The van der Waals surface area contributed by atoms with Crippen LogP contribution in [0.25, 0.3) is 0 Å². The van der Waals surface area contributed by atoms with Gasteiger partial charge in [-0.2, -0.15) is 0 Å². The number of allylic oxidation sites excluding steroid dienone is 3. The van der Waals surface area contributed by atoms with E-state index < -0.39 is 0 Å². The molecule has 0 saturated heterocycles. The summed E-state index contributed by atoms with van der Waals surface area (Å²) >= 11 is 0. The number of hydrogen-bond acceptors (Lipinski definition) is 0. The molecule has 3 atom stereocenters. The molecular formula is C23H42. The molecule has 23 heavy (non-hydrogen) atoms. The van der Waals surface area contributed by atoms with Crippen LogP contribution in [0.5, 0.6) is 0 Å². The van der Waals surface area contributed by atoms with Crippen LogP contribution in [0.4, 0.5) is 0 Å². The maximum absolute atomic E-state index is 4.36. The molecule has 0 amide bonds. The van der Waals surface area contributed by atoms with Crippen LogP contribution < -0.4 is 0 Å². The quantitative estimate of drug-likeness (QED) is 0.238. The lowest BCUT2D eigenvalue weighted by Crippen LogP contribution is -2.07. The Kier molecular flexibility index (Phi) is 11.5. The molecule has 0 spiro atoms. The second kappa shape index (κ2) is 12.8. The fraction of sp³-hybridized carbons (Fsp3) is 0.826. The van der Waals surface area contributed by atoms with Crippen molar-refractivity contribution >= 4 is 0 Å². The van der Waals surface area contributed by atoms with Crippen LogP contribution in [0.1, 0.15) is 104 Å². The zero-order chi connectivity index (χ0) is 16.9. The fourth-order valence-electron chi connectivity index (χ4n) is 4.00. The highest BCUT2D eigenvalue weighted by atomic mass is 14.3. The summed E-state index contributed by atoms with van der Waals surface area (Å²) in [5, 5.41) is 0. The van der Waals surface area contributed by atoms with Crippen molar-refractivity contribution in [3.8, 4) is 0 Å². The lowest BCUT2D eigenvalue weighted by molar-refractivity contribution is 0.442. The van der Waals surface area contributed by atoms with Gasteiger partial charge >= 0.3 is 0 Å². The van der Waals surface area contributed by atoms with Gasteiger partial charge in [-0.25, -0.2) is 0 Å². The first kappa shape index (κ1) is 20.5. The predicted molar refractivity (Wildman–Crippen MR) is 106 cm³/mol. The van der Waals surface area contributed by atoms with Crippen LogP contribution >= 0.6 is 0 Å². The van der Waals surface area contributed by atoms with Gasteiger partial charge in [0.25, 0.3) is 0 Å². The van der Waals surface area contributed by atoms with Gasteiger partial charge in [0, 0.05) is 0 Å². The first-order chi connectivity index (χ1) is 11.2. The molecule has 0 N–H and O–H groups in total. The molecule has 0 aromatic heterocycles. The van der Waals surface area contributed by atoms with E-state index in [4.69, 9.17) is 0 Å². The van der Waals surface area contributed by atoms with Crippen LogP contribution in [-0.2, 0) is 0 Å². The van der Waals surface area contributed by atoms with Crippen molar-refractivity contribution in [2.24, 2.45) is 17.8 Å². The summed E-state index contributed by atoms with van der Waals surface area (Å²) in [6.45, 7) is 11.4. The monoisotopic (exact) mass is 318 g/mol. The second-order valence-electron chi connectivity index (χ2n) is 7.93. The van der Waals surface area contributed by atoms with Gasteiger partial charge in [-0.15, -0.1) is 0 Å². The summed E-state index contributed by atoms with van der Waals surface area (Å²) in [6.07, 6.45) is 22.8. The van der Waals surface area contributed by atoms with Gasteiger partial charge in [0.1, 0.15) is 0 Å². The second-order valence-corrected chi connectivity index (χ2v) is 7.93. The maximum atomic E-state index is 4.36. The maximum Gasteiger partial charge on any atom is -0.0143 e. The third kappa shape index (κ3) is 8.77. The minimum Gasteiger partial charge on any atom is -0.0996 e. The van der Waals surface area contributed by atoms with Gasteiger partial charge in [-0.05, 0) is 43.4 Å². The zero-order valence-electron chi connectivity index (χ0n) is 16.3. The van der Waals surface area contributed by atoms with E-state index in [-0.39, 0.29) is 0 Å². The lowest BCUT2D eigenvalue weighted by atomic mass is 9.87. The van der Waals surface area contributed by atoms with Crippen molar-refractivity contribution in [3.63, 3.8) is 0 Å². The summed E-state index contributed by atoms with van der Waals surface area (Å²) in [5.74, 6) is 2.43. The van der Waals surface area contributed by atoms with E-state index in [9.17, 15) is 0 Å². The molecule has 1 aliphatic rings. The van der Waals surface area contributed by atoms with Crippen molar-refractivity contribution in [1.29, 1.82) is 0 Å². The Balaban J connectivity index is 2.27. The molecule has 0 aliphatic heterocycles. The van der Waals surface area contributed by atoms with E-state index in [0.29, 0.717) is 0 Å². The van der Waals surface area contributed by atoms with E-state index in [1.54, 1.807) is 0 Å². The minimum absolute atomic E-state index is 0.781. The van der Waals surface area contributed by atoms with Crippen molar-refractivity contribution in [3.05, 3.63) is 24.3 Å². The molecule has 0 bridgehead atoms. The third-order valence-electron chi connectivity index (χ3n) is 5.68. The predicted octanol–water partition coefficient (Wildman–Crippen LogP) is 8.09. The summed E-state index contributed by atoms with van der Waals surface area (Å²) in [4.78, 5) is 0. The molecule has 0 radical (unpaired) electrons. The summed E-state index contributed by atoms with van der Waals surface area (Å²) < 4.78 is 0. The van der Waals surface area contributed by atoms with E-state index in [1.165, 1.54) is 89.0 Å². The average Bonchev–Trinajstić information content (AvgIpc) is 2.88. The van der Waals surface area contributed by atoms with Gasteiger partial charge < -0.3 is 0 Å². The van der Waals surface area contributed by atoms with Gasteiger partial charge in [-0.1, -0.05) is 103 Å². The third-order valence-corrected chi connectivity index (χ3v) is 5.68. The van der Waals surface area contributed by atoms with Crippen molar-refractivity contribution in [2.45, 2.75) is 104 Å². The molecule has 0 aromatic rings. The lowest BCUT2D eigenvalue weighted by Gasteiger charge is -2.18. The Morgan fingerprint density at radius 3 is 2.48 bits per heavy atom. The zero-order valence-corrected chi connectivity index (χ0v) is 16.3. The summed E-state index contributed by atoms with van der Waals surface area (Å²) in [6, 6.07) is 0. The van der Waals surface area contributed by atoms with Crippen LogP contribution in [0.2, 0.25) is 0 Å². The van der Waals surface area contributed by atoms with Crippen LogP contribution in [0.15, 0.2) is 24.3 Å². The van der Waals surface area contributed by atoms with Crippen molar-refractivity contribution in [2.75, 3.05) is 0 Å². The van der Waals surface area contributed by atoms with Crippen molar-refractivity contribution in [1.82, 2.24) is 0 Å². The molecule has 2 unspecified atom stereocenters. The molecule has 1 saturated carbocycles. The van der Waals surface area contributed by atoms with Gasteiger partial charge in [0.2, 0.25) is 0 Å². The SMILES string of the molecule is C=C1CCC(C=CCC(C)CCCCC)[C@H]1CCCCCCC. The average molecular weight is 319 g/mol. The minimum atomic E-state index is 0.781. The highest BCUT2D eigenvalue weighted by Crippen LogP contribution is 2.39. The molecule has 1 aliphatic carbocycles. The molecule has 0 heteroatoms. The molecule has 134 valence electrons. The molecule has 1 rings (SSSR count). The highest BCUT2D eigenvalue weighted by molar-refractivity contribution is 5.13. The summed E-state index contributed by atoms with van der Waals surface area (Å²) in [7, 11) is 0. The van der Waals surface area contributed by atoms with Crippen LogP contribution in [0.3, 0.4) is 0 Å². The van der Waals surface area contributed by atoms with E-state index in [2.05, 4.69) is 39.5 Å². The van der Waals surface area contributed by atoms with Crippen molar-refractivity contribution < 1.29 is 0 Å². The number of hydrogen-bond donors (Lipinski definition) is 0. The molecule has 1 fully saturated rings. The normalized spacial score (nSPS) is 23.0. The van der Waals surface area contributed by atoms with Gasteiger partial charge in [0.05, 0.1) is 0 Å². The number of rotatable bonds is 13.